The second kappa shape index (κ2) is 7.77. The van der Waals surface area contributed by atoms with Gasteiger partial charge in [-0.25, -0.2) is 0 Å². The van der Waals surface area contributed by atoms with Crippen LogP contribution in [0.25, 0.3) is 0 Å². The quantitative estimate of drug-likeness (QED) is 0.875. The zero-order valence-electron chi connectivity index (χ0n) is 11.1. The molecule has 2 rings (SSSR count). The van der Waals surface area contributed by atoms with Crippen LogP contribution in [0.2, 0.25) is 0 Å². The van der Waals surface area contributed by atoms with Crippen LogP contribution in [0.4, 0.5) is 5.13 Å². The van der Waals surface area contributed by atoms with Gasteiger partial charge in [-0.3, -0.25) is 4.79 Å². The molecule has 5 nitrogen and oxygen atoms in total. The van der Waals surface area contributed by atoms with Gasteiger partial charge in [0.25, 0.3) is 0 Å². The van der Waals surface area contributed by atoms with Crippen molar-refractivity contribution < 1.29 is 4.79 Å². The maximum atomic E-state index is 11.9. The molecule has 7 heteroatoms. The molecule has 1 aromatic heterocycles. The van der Waals surface area contributed by atoms with Crippen LogP contribution in [-0.2, 0) is 11.2 Å². The summed E-state index contributed by atoms with van der Waals surface area (Å²) in [5.74, 6) is 0.338. The van der Waals surface area contributed by atoms with Gasteiger partial charge in [0, 0.05) is 18.9 Å². The average molecular weight is 305 g/mol. The summed E-state index contributed by atoms with van der Waals surface area (Å²) in [5, 5.41) is 12.4. The molecule has 1 amide bonds. The molecule has 3 N–H and O–H groups in total. The van der Waals surface area contributed by atoms with Crippen molar-refractivity contribution in [1.82, 2.24) is 10.2 Å². The number of hydrogen-bond acceptors (Lipinski definition) is 5. The minimum absolute atomic E-state index is 0. The number of carbonyl (C=O) groups is 1. The highest BCUT2D eigenvalue weighted by Crippen LogP contribution is 2.27. The maximum absolute atomic E-state index is 11.9. The number of aryl methyl sites for hydroxylation is 1. The lowest BCUT2D eigenvalue weighted by atomic mass is 10.00. The zero-order chi connectivity index (χ0) is 13.0. The Morgan fingerprint density at radius 1 is 1.47 bits per heavy atom. The number of rotatable bonds is 5. The molecule has 0 bridgehead atoms. The monoisotopic (exact) mass is 304 g/mol. The number of amides is 1. The van der Waals surface area contributed by atoms with E-state index in [9.17, 15) is 4.79 Å². The van der Waals surface area contributed by atoms with Crippen molar-refractivity contribution in [2.45, 2.75) is 51.5 Å². The molecule has 0 unspecified atom stereocenters. The van der Waals surface area contributed by atoms with Gasteiger partial charge in [-0.15, -0.1) is 22.6 Å². The van der Waals surface area contributed by atoms with Gasteiger partial charge in [0.2, 0.25) is 11.0 Å². The summed E-state index contributed by atoms with van der Waals surface area (Å²) in [6.45, 7) is 2.10. The van der Waals surface area contributed by atoms with Gasteiger partial charge in [0.1, 0.15) is 5.01 Å². The molecule has 1 aromatic rings. The van der Waals surface area contributed by atoms with Crippen LogP contribution in [0, 0.1) is 5.92 Å². The molecule has 0 spiro atoms. The summed E-state index contributed by atoms with van der Waals surface area (Å²) in [6.07, 6.45) is 5.70. The Labute approximate surface area is 123 Å². The van der Waals surface area contributed by atoms with E-state index >= 15 is 0 Å². The number of nitrogens with zero attached hydrogens (tertiary/aromatic N) is 2. The van der Waals surface area contributed by atoms with Crippen molar-refractivity contribution in [1.29, 1.82) is 0 Å². The molecule has 0 aromatic carbocycles. The highest BCUT2D eigenvalue weighted by atomic mass is 35.5. The molecule has 2 atom stereocenters. The number of halogens is 1. The molecule has 1 heterocycles. The smallest absolute Gasteiger partial charge is 0.226 e. The predicted octanol–water partition coefficient (Wildman–Crippen LogP) is 2.37. The van der Waals surface area contributed by atoms with E-state index in [2.05, 4.69) is 22.4 Å². The summed E-state index contributed by atoms with van der Waals surface area (Å²) in [4.78, 5) is 11.9. The van der Waals surface area contributed by atoms with E-state index in [1.54, 1.807) is 0 Å². The zero-order valence-corrected chi connectivity index (χ0v) is 12.7. The third-order valence-corrected chi connectivity index (χ3v) is 4.24. The standard InChI is InChI=1S/C12H20N4OS.ClH/c1-2-4-11-15-16-12(18-11)14-10(17)7-8-5-3-6-9(8)13;/h8-9H,2-7,13H2,1H3,(H,14,16,17);1H/t8-,9+;/m0./s1. The molecule has 1 saturated carbocycles. The number of aromatic nitrogens is 2. The molecule has 1 aliphatic carbocycles. The Balaban J connectivity index is 0.00000180. The SMILES string of the molecule is CCCc1nnc(NC(=O)C[C@@H]2CCC[C@H]2N)s1.Cl. The summed E-state index contributed by atoms with van der Waals surface area (Å²) < 4.78 is 0. The Bertz CT molecular complexity index is 412. The van der Waals surface area contributed by atoms with Crippen molar-refractivity contribution in [2.75, 3.05) is 5.32 Å². The first-order chi connectivity index (χ1) is 8.69. The van der Waals surface area contributed by atoms with Crippen molar-refractivity contribution in [2.24, 2.45) is 11.7 Å². The topological polar surface area (TPSA) is 80.9 Å². The second-order valence-electron chi connectivity index (χ2n) is 4.86. The summed E-state index contributed by atoms with van der Waals surface area (Å²) in [5.41, 5.74) is 5.96. The van der Waals surface area contributed by atoms with E-state index in [-0.39, 0.29) is 24.4 Å². The van der Waals surface area contributed by atoms with Crippen molar-refractivity contribution in [3.8, 4) is 0 Å². The van der Waals surface area contributed by atoms with E-state index in [0.29, 0.717) is 17.5 Å². The fourth-order valence-electron chi connectivity index (χ4n) is 2.35. The summed E-state index contributed by atoms with van der Waals surface area (Å²) >= 11 is 1.46. The number of nitrogens with two attached hydrogens (primary N) is 1. The first-order valence-corrected chi connectivity index (χ1v) is 7.38. The normalized spacial score (nSPS) is 22.0. The number of hydrogen-bond donors (Lipinski definition) is 2. The third-order valence-electron chi connectivity index (χ3n) is 3.34. The number of anilines is 1. The van der Waals surface area contributed by atoms with Crippen molar-refractivity contribution in [3.63, 3.8) is 0 Å². The van der Waals surface area contributed by atoms with Gasteiger partial charge in [-0.05, 0) is 25.2 Å². The molecule has 0 radical (unpaired) electrons. The maximum Gasteiger partial charge on any atom is 0.226 e. The van der Waals surface area contributed by atoms with Crippen molar-refractivity contribution in [3.05, 3.63) is 5.01 Å². The minimum atomic E-state index is 0. The van der Waals surface area contributed by atoms with E-state index in [0.717, 1.165) is 37.1 Å². The Morgan fingerprint density at radius 3 is 2.89 bits per heavy atom. The Hall–Kier alpha value is -0.720. The highest BCUT2D eigenvalue weighted by molar-refractivity contribution is 7.15. The first kappa shape index (κ1) is 16.3. The fraction of sp³-hybridized carbons (Fsp3) is 0.750. The predicted molar refractivity (Wildman–Crippen MR) is 79.7 cm³/mol. The van der Waals surface area contributed by atoms with Gasteiger partial charge >= 0.3 is 0 Å². The first-order valence-electron chi connectivity index (χ1n) is 6.57. The molecule has 0 aliphatic heterocycles. The summed E-state index contributed by atoms with van der Waals surface area (Å²) in [7, 11) is 0. The molecule has 1 fully saturated rings. The summed E-state index contributed by atoms with van der Waals surface area (Å²) in [6, 6.07) is 0.181. The van der Waals surface area contributed by atoms with Gasteiger partial charge in [0.15, 0.2) is 0 Å². The molecule has 108 valence electrons. The van der Waals surface area contributed by atoms with Crippen LogP contribution >= 0.6 is 23.7 Å². The van der Waals surface area contributed by atoms with Crippen LogP contribution in [0.15, 0.2) is 0 Å². The average Bonchev–Trinajstić information content (AvgIpc) is 2.90. The van der Waals surface area contributed by atoms with E-state index in [4.69, 9.17) is 5.73 Å². The number of carbonyl (C=O) groups excluding carboxylic acids is 1. The lowest BCUT2D eigenvalue weighted by Crippen LogP contribution is -2.28. The highest BCUT2D eigenvalue weighted by Gasteiger charge is 2.26. The lowest BCUT2D eigenvalue weighted by Gasteiger charge is -2.13. The molecular weight excluding hydrogens is 284 g/mol. The van der Waals surface area contributed by atoms with E-state index in [1.807, 2.05) is 0 Å². The van der Waals surface area contributed by atoms with Gasteiger partial charge in [0.05, 0.1) is 0 Å². The van der Waals surface area contributed by atoms with Crippen LogP contribution in [0.1, 0.15) is 44.0 Å². The van der Waals surface area contributed by atoms with Gasteiger partial charge in [-0.1, -0.05) is 24.7 Å². The molecule has 1 aliphatic rings. The lowest BCUT2D eigenvalue weighted by molar-refractivity contribution is -0.117. The number of nitrogens with one attached hydrogen (secondary N) is 1. The van der Waals surface area contributed by atoms with Gasteiger partial charge < -0.3 is 11.1 Å². The largest absolute Gasteiger partial charge is 0.327 e. The van der Waals surface area contributed by atoms with Crippen LogP contribution in [0.3, 0.4) is 0 Å². The van der Waals surface area contributed by atoms with E-state index < -0.39 is 0 Å². The second-order valence-corrected chi connectivity index (χ2v) is 5.92. The van der Waals surface area contributed by atoms with E-state index in [1.165, 1.54) is 11.3 Å². The minimum Gasteiger partial charge on any atom is -0.327 e. The Morgan fingerprint density at radius 2 is 2.26 bits per heavy atom. The third kappa shape index (κ3) is 4.71. The van der Waals surface area contributed by atoms with Crippen LogP contribution in [-0.4, -0.2) is 22.1 Å². The molecule has 19 heavy (non-hydrogen) atoms. The van der Waals surface area contributed by atoms with Gasteiger partial charge in [-0.2, -0.15) is 0 Å². The fourth-order valence-corrected chi connectivity index (χ4v) is 3.20. The van der Waals surface area contributed by atoms with Crippen molar-refractivity contribution >= 4 is 34.8 Å². The Kier molecular flexibility index (Phi) is 6.68. The molecular formula is C12H21ClN4OS. The van der Waals surface area contributed by atoms with Crippen LogP contribution < -0.4 is 11.1 Å². The van der Waals surface area contributed by atoms with Crippen LogP contribution in [0.5, 0.6) is 0 Å². The molecule has 0 saturated heterocycles.